The summed E-state index contributed by atoms with van der Waals surface area (Å²) in [4.78, 5) is 2.62. The molecule has 2 unspecified atom stereocenters. The fourth-order valence-corrected chi connectivity index (χ4v) is 2.84. The zero-order valence-electron chi connectivity index (χ0n) is 11.3. The lowest BCUT2D eigenvalue weighted by Crippen LogP contribution is -2.38. The lowest BCUT2D eigenvalue weighted by atomic mass is 10.0. The molecule has 2 N–H and O–H groups in total. The molecular weight excluding hydrogens is 196 g/mol. The zero-order valence-corrected chi connectivity index (χ0v) is 11.3. The number of likely N-dealkylation sites (tertiary alicyclic amines) is 1. The molecule has 0 aromatic rings. The van der Waals surface area contributed by atoms with Crippen LogP contribution in [-0.2, 0) is 0 Å². The molecule has 16 heavy (non-hydrogen) atoms. The second-order valence-electron chi connectivity index (χ2n) is 5.37. The third-order valence-corrected chi connectivity index (χ3v) is 4.04. The summed E-state index contributed by atoms with van der Waals surface area (Å²) < 4.78 is 0. The number of hydrogen-bond acceptors (Lipinski definition) is 2. The first-order chi connectivity index (χ1) is 7.79. The Bertz CT molecular complexity index is 170. The third-order valence-electron chi connectivity index (χ3n) is 4.04. The van der Waals surface area contributed by atoms with E-state index in [2.05, 4.69) is 18.7 Å². The molecule has 0 aromatic heterocycles. The molecule has 2 atom stereocenters. The zero-order chi connectivity index (χ0) is 11.8. The van der Waals surface area contributed by atoms with E-state index in [1.165, 1.54) is 58.0 Å². The molecule has 1 aliphatic rings. The van der Waals surface area contributed by atoms with Gasteiger partial charge in [-0.2, -0.15) is 0 Å². The molecule has 1 fully saturated rings. The maximum absolute atomic E-state index is 5.84. The van der Waals surface area contributed by atoms with Crippen LogP contribution in [0.15, 0.2) is 0 Å². The summed E-state index contributed by atoms with van der Waals surface area (Å²) in [6.45, 7) is 8.02. The van der Waals surface area contributed by atoms with Crippen LogP contribution in [0.1, 0.15) is 58.8 Å². The fraction of sp³-hybridized carbons (Fsp3) is 1.00. The minimum atomic E-state index is 0.663. The summed E-state index contributed by atoms with van der Waals surface area (Å²) in [7, 11) is 0. The molecule has 0 radical (unpaired) electrons. The molecular formula is C14H30N2. The minimum absolute atomic E-state index is 0.663. The molecule has 0 spiro atoms. The molecule has 0 aromatic carbocycles. The van der Waals surface area contributed by atoms with Crippen molar-refractivity contribution >= 4 is 0 Å². The van der Waals surface area contributed by atoms with Crippen molar-refractivity contribution in [2.45, 2.75) is 64.8 Å². The van der Waals surface area contributed by atoms with Crippen molar-refractivity contribution in [2.75, 3.05) is 19.6 Å². The lowest BCUT2D eigenvalue weighted by Gasteiger charge is -2.25. The van der Waals surface area contributed by atoms with Crippen LogP contribution in [-0.4, -0.2) is 30.6 Å². The minimum Gasteiger partial charge on any atom is -0.329 e. The molecule has 2 nitrogen and oxygen atoms in total. The standard InChI is InChI=1S/C14H30N2/c1-3-4-5-6-7-8-10-16-11-9-13(2)14(16)12-15/h13-14H,3-12,15H2,1-2H3. The van der Waals surface area contributed by atoms with Crippen LogP contribution in [0.2, 0.25) is 0 Å². The van der Waals surface area contributed by atoms with Crippen molar-refractivity contribution in [1.82, 2.24) is 4.90 Å². The Morgan fingerprint density at radius 2 is 1.81 bits per heavy atom. The highest BCUT2D eigenvalue weighted by atomic mass is 15.2. The Labute approximate surface area is 102 Å². The summed E-state index contributed by atoms with van der Waals surface area (Å²) in [6.07, 6.45) is 9.72. The number of hydrogen-bond donors (Lipinski definition) is 1. The third kappa shape index (κ3) is 4.42. The van der Waals surface area contributed by atoms with Gasteiger partial charge in [-0.3, -0.25) is 4.90 Å². The van der Waals surface area contributed by atoms with Crippen LogP contribution < -0.4 is 5.73 Å². The predicted octanol–water partition coefficient (Wildman–Crippen LogP) is 3.02. The number of nitrogens with zero attached hydrogens (tertiary/aromatic N) is 1. The Balaban J connectivity index is 2.04. The summed E-state index contributed by atoms with van der Waals surface area (Å²) in [5.74, 6) is 0.810. The number of unbranched alkanes of at least 4 members (excludes halogenated alkanes) is 5. The van der Waals surface area contributed by atoms with E-state index < -0.39 is 0 Å². The average Bonchev–Trinajstić information content (AvgIpc) is 2.64. The van der Waals surface area contributed by atoms with Crippen LogP contribution >= 0.6 is 0 Å². The van der Waals surface area contributed by atoms with Gasteiger partial charge in [-0.25, -0.2) is 0 Å². The quantitative estimate of drug-likeness (QED) is 0.645. The van der Waals surface area contributed by atoms with Crippen LogP contribution in [0, 0.1) is 5.92 Å². The Morgan fingerprint density at radius 1 is 1.12 bits per heavy atom. The SMILES string of the molecule is CCCCCCCCN1CCC(C)C1CN. The topological polar surface area (TPSA) is 29.3 Å². The van der Waals surface area contributed by atoms with Crippen LogP contribution in [0.25, 0.3) is 0 Å². The van der Waals surface area contributed by atoms with Gasteiger partial charge in [-0.05, 0) is 31.8 Å². The molecule has 1 heterocycles. The average molecular weight is 226 g/mol. The first-order valence-electron chi connectivity index (χ1n) is 7.23. The highest BCUT2D eigenvalue weighted by Crippen LogP contribution is 2.23. The lowest BCUT2D eigenvalue weighted by molar-refractivity contribution is 0.231. The second-order valence-corrected chi connectivity index (χ2v) is 5.37. The van der Waals surface area contributed by atoms with E-state index in [-0.39, 0.29) is 0 Å². The maximum atomic E-state index is 5.84. The van der Waals surface area contributed by atoms with Gasteiger partial charge in [-0.1, -0.05) is 46.0 Å². The molecule has 96 valence electrons. The van der Waals surface area contributed by atoms with Crippen LogP contribution in [0.3, 0.4) is 0 Å². The summed E-state index contributed by atoms with van der Waals surface area (Å²) in [5.41, 5.74) is 5.84. The van der Waals surface area contributed by atoms with Crippen LogP contribution in [0.4, 0.5) is 0 Å². The van der Waals surface area contributed by atoms with Gasteiger partial charge < -0.3 is 5.73 Å². The largest absolute Gasteiger partial charge is 0.329 e. The normalized spacial score (nSPS) is 26.4. The van der Waals surface area contributed by atoms with Crippen molar-refractivity contribution in [2.24, 2.45) is 11.7 Å². The highest BCUT2D eigenvalue weighted by Gasteiger charge is 2.28. The molecule has 2 heteroatoms. The van der Waals surface area contributed by atoms with Crippen molar-refractivity contribution < 1.29 is 0 Å². The predicted molar refractivity (Wildman–Crippen MR) is 71.6 cm³/mol. The molecule has 1 rings (SSSR count). The van der Waals surface area contributed by atoms with E-state index in [1.54, 1.807) is 0 Å². The molecule has 0 saturated carbocycles. The number of rotatable bonds is 8. The summed E-state index contributed by atoms with van der Waals surface area (Å²) in [6, 6.07) is 0.663. The molecule has 0 aliphatic carbocycles. The first kappa shape index (κ1) is 14.0. The Kier molecular flexibility index (Phi) is 7.06. The molecule has 1 aliphatic heterocycles. The van der Waals surface area contributed by atoms with E-state index in [1.807, 2.05) is 0 Å². The van der Waals surface area contributed by atoms with Crippen molar-refractivity contribution in [3.8, 4) is 0 Å². The van der Waals surface area contributed by atoms with Gasteiger partial charge in [0.25, 0.3) is 0 Å². The number of nitrogens with two attached hydrogens (primary N) is 1. The Hall–Kier alpha value is -0.0800. The Morgan fingerprint density at radius 3 is 2.50 bits per heavy atom. The smallest absolute Gasteiger partial charge is 0.0244 e. The monoisotopic (exact) mass is 226 g/mol. The maximum Gasteiger partial charge on any atom is 0.0244 e. The van der Waals surface area contributed by atoms with Crippen molar-refractivity contribution in [3.63, 3.8) is 0 Å². The van der Waals surface area contributed by atoms with Crippen LogP contribution in [0.5, 0.6) is 0 Å². The van der Waals surface area contributed by atoms with Crippen molar-refractivity contribution in [1.29, 1.82) is 0 Å². The molecule has 0 bridgehead atoms. The van der Waals surface area contributed by atoms with E-state index in [0.717, 1.165) is 12.5 Å². The second kappa shape index (κ2) is 8.08. The summed E-state index contributed by atoms with van der Waals surface area (Å²) in [5, 5.41) is 0. The van der Waals surface area contributed by atoms with E-state index >= 15 is 0 Å². The fourth-order valence-electron chi connectivity index (χ4n) is 2.84. The van der Waals surface area contributed by atoms with Gasteiger partial charge >= 0.3 is 0 Å². The molecule has 1 saturated heterocycles. The van der Waals surface area contributed by atoms with E-state index in [0.29, 0.717) is 6.04 Å². The van der Waals surface area contributed by atoms with Gasteiger partial charge in [0.1, 0.15) is 0 Å². The van der Waals surface area contributed by atoms with E-state index in [4.69, 9.17) is 5.73 Å². The van der Waals surface area contributed by atoms with Gasteiger partial charge in [0.05, 0.1) is 0 Å². The van der Waals surface area contributed by atoms with Gasteiger partial charge in [0, 0.05) is 12.6 Å². The first-order valence-corrected chi connectivity index (χ1v) is 7.23. The highest BCUT2D eigenvalue weighted by molar-refractivity contribution is 4.84. The summed E-state index contributed by atoms with van der Waals surface area (Å²) >= 11 is 0. The van der Waals surface area contributed by atoms with Crippen molar-refractivity contribution in [3.05, 3.63) is 0 Å². The van der Waals surface area contributed by atoms with E-state index in [9.17, 15) is 0 Å². The van der Waals surface area contributed by atoms with Gasteiger partial charge in [-0.15, -0.1) is 0 Å². The molecule has 0 amide bonds. The van der Waals surface area contributed by atoms with Gasteiger partial charge in [0.15, 0.2) is 0 Å². The van der Waals surface area contributed by atoms with Gasteiger partial charge in [0.2, 0.25) is 0 Å².